The van der Waals surface area contributed by atoms with Crippen molar-refractivity contribution < 1.29 is 13.2 Å². The van der Waals surface area contributed by atoms with Crippen molar-refractivity contribution in [3.63, 3.8) is 0 Å². The van der Waals surface area contributed by atoms with Crippen LogP contribution in [0, 0.1) is 0 Å². The molecule has 0 spiro atoms. The number of hydrogen-bond donors (Lipinski definition) is 3. The van der Waals surface area contributed by atoms with Crippen LogP contribution < -0.4 is 15.8 Å². The number of hydrogen-bond acceptors (Lipinski definition) is 4. The summed E-state index contributed by atoms with van der Waals surface area (Å²) < 4.78 is 24.6. The van der Waals surface area contributed by atoms with Crippen LogP contribution >= 0.6 is 0 Å². The van der Waals surface area contributed by atoms with Crippen molar-refractivity contribution in [1.29, 1.82) is 0 Å². The van der Waals surface area contributed by atoms with Crippen LogP contribution in [0.1, 0.15) is 6.92 Å². The number of carbonyl (C=O) groups is 1. The third-order valence-corrected chi connectivity index (χ3v) is 2.48. The Kier molecular flexibility index (Phi) is 4.08. The van der Waals surface area contributed by atoms with Gasteiger partial charge in [-0.3, -0.25) is 9.52 Å². The van der Waals surface area contributed by atoms with Crippen molar-refractivity contribution in [2.24, 2.45) is 5.73 Å². The molecular weight excluding hydrogens is 242 g/mol. The summed E-state index contributed by atoms with van der Waals surface area (Å²) in [6.45, 7) is 1.54. The summed E-state index contributed by atoms with van der Waals surface area (Å²) in [5, 5.41) is 2.54. The summed E-state index contributed by atoms with van der Waals surface area (Å²) >= 11 is 0. The molecule has 4 N–H and O–H groups in total. The summed E-state index contributed by atoms with van der Waals surface area (Å²) in [6, 6.07) is 5.83. The fourth-order valence-electron chi connectivity index (χ4n) is 1.13. The molecule has 0 saturated carbocycles. The minimum absolute atomic E-state index is 0.309. The molecule has 17 heavy (non-hydrogen) atoms. The van der Waals surface area contributed by atoms with Gasteiger partial charge in [0.05, 0.1) is 23.7 Å². The van der Waals surface area contributed by atoms with E-state index in [9.17, 15) is 13.2 Å². The maximum atomic E-state index is 11.4. The molecule has 1 rings (SSSR count). The maximum absolute atomic E-state index is 11.4. The van der Waals surface area contributed by atoms with E-state index in [4.69, 9.17) is 5.73 Å². The number of anilines is 2. The van der Waals surface area contributed by atoms with E-state index < -0.39 is 16.1 Å². The second kappa shape index (κ2) is 5.15. The second-order valence-electron chi connectivity index (χ2n) is 3.70. The van der Waals surface area contributed by atoms with Crippen molar-refractivity contribution in [3.8, 4) is 0 Å². The van der Waals surface area contributed by atoms with E-state index in [1.54, 1.807) is 31.2 Å². The number of amides is 1. The smallest absolute Gasteiger partial charge is 0.241 e. The van der Waals surface area contributed by atoms with Gasteiger partial charge in [0.2, 0.25) is 15.9 Å². The molecule has 1 unspecified atom stereocenters. The van der Waals surface area contributed by atoms with Gasteiger partial charge in [-0.2, -0.15) is 0 Å². The fourth-order valence-corrected chi connectivity index (χ4v) is 1.70. The first-order valence-electron chi connectivity index (χ1n) is 4.93. The summed E-state index contributed by atoms with van der Waals surface area (Å²) in [6.07, 6.45) is 1.04. The molecule has 7 heteroatoms. The van der Waals surface area contributed by atoms with Gasteiger partial charge in [0, 0.05) is 0 Å². The highest BCUT2D eigenvalue weighted by Crippen LogP contribution is 2.21. The van der Waals surface area contributed by atoms with Crippen LogP contribution in [0.5, 0.6) is 0 Å². The van der Waals surface area contributed by atoms with Gasteiger partial charge in [-0.25, -0.2) is 8.42 Å². The van der Waals surface area contributed by atoms with Gasteiger partial charge in [0.1, 0.15) is 0 Å². The average Bonchev–Trinajstić information content (AvgIpc) is 2.18. The molecule has 1 atom stereocenters. The van der Waals surface area contributed by atoms with E-state index in [1.807, 2.05) is 0 Å². The van der Waals surface area contributed by atoms with Gasteiger partial charge in [0.15, 0.2) is 0 Å². The van der Waals surface area contributed by atoms with Crippen LogP contribution in [0.2, 0.25) is 0 Å². The van der Waals surface area contributed by atoms with Crippen LogP contribution in [-0.2, 0) is 14.8 Å². The van der Waals surface area contributed by atoms with E-state index in [0.29, 0.717) is 11.4 Å². The van der Waals surface area contributed by atoms with Gasteiger partial charge >= 0.3 is 0 Å². The number of benzene rings is 1. The van der Waals surface area contributed by atoms with Crippen molar-refractivity contribution in [1.82, 2.24) is 0 Å². The standard InChI is InChI=1S/C10H15N3O3S/c1-7(11)10(14)12-8-5-3-4-6-9(8)13-17(2,15)16/h3-7,13H,11H2,1-2H3,(H,12,14). The highest BCUT2D eigenvalue weighted by atomic mass is 32.2. The molecule has 0 aromatic heterocycles. The zero-order valence-corrected chi connectivity index (χ0v) is 10.4. The van der Waals surface area contributed by atoms with E-state index >= 15 is 0 Å². The van der Waals surface area contributed by atoms with Crippen LogP contribution in [-0.4, -0.2) is 26.6 Å². The number of nitrogens with one attached hydrogen (secondary N) is 2. The summed E-state index contributed by atoms with van der Waals surface area (Å²) in [4.78, 5) is 11.4. The minimum atomic E-state index is -3.39. The zero-order chi connectivity index (χ0) is 13.1. The molecule has 6 nitrogen and oxygen atoms in total. The summed E-state index contributed by atoms with van der Waals surface area (Å²) in [5.74, 6) is -0.382. The Hall–Kier alpha value is -1.60. The lowest BCUT2D eigenvalue weighted by Gasteiger charge is -2.12. The van der Waals surface area contributed by atoms with Crippen molar-refractivity contribution >= 4 is 27.3 Å². The van der Waals surface area contributed by atoms with Crippen molar-refractivity contribution in [3.05, 3.63) is 24.3 Å². The topological polar surface area (TPSA) is 101 Å². The summed E-state index contributed by atoms with van der Waals surface area (Å²) in [7, 11) is -3.39. The van der Waals surface area contributed by atoms with E-state index in [0.717, 1.165) is 6.26 Å². The molecule has 0 aliphatic rings. The number of nitrogens with two attached hydrogens (primary N) is 1. The van der Waals surface area contributed by atoms with Crippen molar-refractivity contribution in [2.75, 3.05) is 16.3 Å². The molecule has 0 radical (unpaired) electrons. The Morgan fingerprint density at radius 3 is 2.29 bits per heavy atom. The highest BCUT2D eigenvalue weighted by Gasteiger charge is 2.11. The lowest BCUT2D eigenvalue weighted by Crippen LogP contribution is -2.32. The summed E-state index contributed by atoms with van der Waals surface area (Å²) in [5.41, 5.74) is 6.09. The van der Waals surface area contributed by atoms with E-state index in [1.165, 1.54) is 0 Å². The van der Waals surface area contributed by atoms with E-state index in [2.05, 4.69) is 10.0 Å². The molecule has 0 aliphatic heterocycles. The molecule has 0 saturated heterocycles. The van der Waals surface area contributed by atoms with Crippen molar-refractivity contribution in [2.45, 2.75) is 13.0 Å². The number of carbonyl (C=O) groups excluding carboxylic acids is 1. The second-order valence-corrected chi connectivity index (χ2v) is 5.45. The average molecular weight is 257 g/mol. The Morgan fingerprint density at radius 2 is 1.82 bits per heavy atom. The van der Waals surface area contributed by atoms with Crippen LogP contribution in [0.25, 0.3) is 0 Å². The van der Waals surface area contributed by atoms with Gasteiger partial charge < -0.3 is 11.1 Å². The first kappa shape index (κ1) is 13.5. The fraction of sp³-hybridized carbons (Fsp3) is 0.300. The Labute approximate surface area is 100 Å². The number of sulfonamides is 1. The van der Waals surface area contributed by atoms with Crippen LogP contribution in [0.4, 0.5) is 11.4 Å². The molecule has 1 amide bonds. The predicted molar refractivity (Wildman–Crippen MR) is 67.2 cm³/mol. The Bertz CT molecular complexity index is 511. The molecule has 1 aromatic carbocycles. The number of rotatable bonds is 4. The molecule has 0 fully saturated rings. The molecule has 0 aliphatic carbocycles. The lowest BCUT2D eigenvalue weighted by atomic mass is 10.2. The quantitative estimate of drug-likeness (QED) is 0.724. The van der Waals surface area contributed by atoms with Crippen LogP contribution in [0.3, 0.4) is 0 Å². The third-order valence-electron chi connectivity index (χ3n) is 1.89. The minimum Gasteiger partial charge on any atom is -0.323 e. The Morgan fingerprint density at radius 1 is 1.29 bits per heavy atom. The first-order valence-corrected chi connectivity index (χ1v) is 6.82. The molecule has 0 heterocycles. The molecule has 1 aromatic rings. The highest BCUT2D eigenvalue weighted by molar-refractivity contribution is 7.92. The van der Waals surface area contributed by atoms with Gasteiger partial charge in [-0.15, -0.1) is 0 Å². The number of para-hydroxylation sites is 2. The normalized spacial score (nSPS) is 12.9. The van der Waals surface area contributed by atoms with Gasteiger partial charge in [0.25, 0.3) is 0 Å². The zero-order valence-electron chi connectivity index (χ0n) is 9.60. The van der Waals surface area contributed by atoms with E-state index in [-0.39, 0.29) is 5.91 Å². The largest absolute Gasteiger partial charge is 0.323 e. The molecular formula is C10H15N3O3S. The lowest BCUT2D eigenvalue weighted by molar-refractivity contribution is -0.117. The van der Waals surface area contributed by atoms with Gasteiger partial charge in [-0.1, -0.05) is 12.1 Å². The van der Waals surface area contributed by atoms with Gasteiger partial charge in [-0.05, 0) is 19.1 Å². The maximum Gasteiger partial charge on any atom is 0.241 e. The Balaban J connectivity index is 2.96. The first-order chi connectivity index (χ1) is 7.79. The van der Waals surface area contributed by atoms with Crippen LogP contribution in [0.15, 0.2) is 24.3 Å². The third kappa shape index (κ3) is 4.41. The SMILES string of the molecule is CC(N)C(=O)Nc1ccccc1NS(C)(=O)=O. The monoisotopic (exact) mass is 257 g/mol. The molecule has 94 valence electrons. The molecule has 0 bridgehead atoms. The predicted octanol–water partition coefficient (Wildman–Crippen LogP) is 0.344.